The highest BCUT2D eigenvalue weighted by molar-refractivity contribution is 7.13. The number of fused-ring (bicyclic) bond motifs is 1. The second kappa shape index (κ2) is 7.53. The molecule has 4 rings (SSSR count). The van der Waals surface area contributed by atoms with Gasteiger partial charge in [0.25, 0.3) is 5.91 Å². The Morgan fingerprint density at radius 2 is 1.96 bits per heavy atom. The summed E-state index contributed by atoms with van der Waals surface area (Å²) in [5.41, 5.74) is 3.88. The quantitative estimate of drug-likeness (QED) is 0.609. The molecule has 3 aromatic rings. The minimum Gasteiger partial charge on any atom is -0.482 e. The average Bonchev–Trinajstić information content (AvgIpc) is 3.17. The van der Waals surface area contributed by atoms with Gasteiger partial charge in [0.1, 0.15) is 10.8 Å². The van der Waals surface area contributed by atoms with Crippen LogP contribution in [0.15, 0.2) is 53.9 Å². The van der Waals surface area contributed by atoms with Gasteiger partial charge in [0.2, 0.25) is 0 Å². The first-order valence-electron chi connectivity index (χ1n) is 9.20. The van der Waals surface area contributed by atoms with Gasteiger partial charge in [-0.1, -0.05) is 44.2 Å². The molecule has 138 valence electrons. The Kier molecular flexibility index (Phi) is 4.94. The molecule has 0 unspecified atom stereocenters. The van der Waals surface area contributed by atoms with E-state index in [-0.39, 0.29) is 12.5 Å². The molecule has 0 radical (unpaired) electrons. The fraction of sp³-hybridized carbons (Fsp3) is 0.273. The number of aromatic nitrogens is 1. The molecule has 0 spiro atoms. The molecular weight excluding hydrogens is 356 g/mol. The lowest BCUT2D eigenvalue weighted by molar-refractivity contribution is -0.121. The van der Waals surface area contributed by atoms with Crippen LogP contribution in [0.3, 0.4) is 0 Å². The van der Waals surface area contributed by atoms with Crippen LogP contribution in [0.2, 0.25) is 0 Å². The normalized spacial score (nSPS) is 13.6. The van der Waals surface area contributed by atoms with Crippen molar-refractivity contribution in [2.45, 2.75) is 20.3 Å². The Balaban J connectivity index is 1.66. The van der Waals surface area contributed by atoms with Crippen LogP contribution >= 0.6 is 11.3 Å². The lowest BCUT2D eigenvalue weighted by atomic mass is 10.1. The molecule has 0 saturated carbocycles. The van der Waals surface area contributed by atoms with E-state index in [0.717, 1.165) is 39.7 Å². The van der Waals surface area contributed by atoms with Crippen molar-refractivity contribution in [3.8, 4) is 27.6 Å². The van der Waals surface area contributed by atoms with Crippen LogP contribution in [0.1, 0.15) is 20.3 Å². The molecular formula is C22H22N2O2S. The molecule has 5 heteroatoms. The number of anilines is 1. The molecule has 2 aromatic carbocycles. The minimum atomic E-state index is 0.0172. The number of carbonyl (C=O) groups is 1. The smallest absolute Gasteiger partial charge is 0.265 e. The zero-order valence-corrected chi connectivity index (χ0v) is 16.3. The van der Waals surface area contributed by atoms with Gasteiger partial charge in [-0.15, -0.1) is 11.3 Å². The van der Waals surface area contributed by atoms with Crippen LogP contribution in [0.5, 0.6) is 5.75 Å². The van der Waals surface area contributed by atoms with Crippen LogP contribution in [-0.4, -0.2) is 24.0 Å². The zero-order valence-electron chi connectivity index (χ0n) is 15.5. The van der Waals surface area contributed by atoms with Crippen molar-refractivity contribution in [1.29, 1.82) is 0 Å². The highest BCUT2D eigenvalue weighted by Gasteiger charge is 2.26. The number of rotatable bonds is 5. The number of hydrogen-bond donors (Lipinski definition) is 0. The number of benzene rings is 2. The molecule has 1 aliphatic rings. The van der Waals surface area contributed by atoms with Crippen LogP contribution in [0, 0.1) is 5.92 Å². The number of thiazole rings is 1. The molecule has 4 nitrogen and oxygen atoms in total. The number of carbonyl (C=O) groups excluding carboxylic acids is 1. The summed E-state index contributed by atoms with van der Waals surface area (Å²) >= 11 is 1.63. The number of hydrogen-bond acceptors (Lipinski definition) is 4. The SMILES string of the molecule is CC(C)CCN1C(=O)COc2ccc(-c3csc(-c4ccccc4)n3)cc21. The monoisotopic (exact) mass is 378 g/mol. The van der Waals surface area contributed by atoms with Gasteiger partial charge < -0.3 is 9.64 Å². The second-order valence-corrected chi connectivity index (χ2v) is 7.96. The molecule has 0 N–H and O–H groups in total. The fourth-order valence-corrected chi connectivity index (χ4v) is 3.95. The molecule has 0 bridgehead atoms. The van der Waals surface area contributed by atoms with E-state index < -0.39 is 0 Å². The molecule has 1 aliphatic heterocycles. The van der Waals surface area contributed by atoms with Gasteiger partial charge in [-0.05, 0) is 30.5 Å². The summed E-state index contributed by atoms with van der Waals surface area (Å²) < 4.78 is 5.63. The Bertz CT molecular complexity index is 950. The van der Waals surface area contributed by atoms with Crippen molar-refractivity contribution < 1.29 is 9.53 Å². The Morgan fingerprint density at radius 3 is 2.74 bits per heavy atom. The highest BCUT2D eigenvalue weighted by Crippen LogP contribution is 2.37. The van der Waals surface area contributed by atoms with E-state index in [4.69, 9.17) is 9.72 Å². The second-order valence-electron chi connectivity index (χ2n) is 7.10. The summed E-state index contributed by atoms with van der Waals surface area (Å²) in [5, 5.41) is 3.06. The minimum absolute atomic E-state index is 0.0172. The third kappa shape index (κ3) is 3.74. The van der Waals surface area contributed by atoms with Gasteiger partial charge in [-0.3, -0.25) is 4.79 Å². The van der Waals surface area contributed by atoms with Crippen molar-refractivity contribution >= 4 is 22.9 Å². The maximum absolute atomic E-state index is 12.4. The summed E-state index contributed by atoms with van der Waals surface area (Å²) in [7, 11) is 0. The van der Waals surface area contributed by atoms with E-state index in [1.807, 2.05) is 41.3 Å². The van der Waals surface area contributed by atoms with Crippen molar-refractivity contribution in [1.82, 2.24) is 4.98 Å². The first-order chi connectivity index (χ1) is 13.1. The maximum Gasteiger partial charge on any atom is 0.265 e. The van der Waals surface area contributed by atoms with Gasteiger partial charge in [0, 0.05) is 23.1 Å². The lowest BCUT2D eigenvalue weighted by Gasteiger charge is -2.30. The summed E-state index contributed by atoms with van der Waals surface area (Å²) in [6.07, 6.45) is 0.963. The van der Waals surface area contributed by atoms with Gasteiger partial charge in [0.15, 0.2) is 6.61 Å². The number of ether oxygens (including phenoxy) is 1. The highest BCUT2D eigenvalue weighted by atomic mass is 32.1. The van der Waals surface area contributed by atoms with Crippen molar-refractivity contribution in [2.24, 2.45) is 5.92 Å². The molecule has 1 amide bonds. The molecule has 2 heterocycles. The third-order valence-electron chi connectivity index (χ3n) is 4.65. The Morgan fingerprint density at radius 1 is 1.15 bits per heavy atom. The molecule has 0 atom stereocenters. The molecule has 0 aliphatic carbocycles. The van der Waals surface area contributed by atoms with E-state index in [2.05, 4.69) is 31.4 Å². The van der Waals surface area contributed by atoms with E-state index >= 15 is 0 Å². The largest absolute Gasteiger partial charge is 0.482 e. The number of amides is 1. The van der Waals surface area contributed by atoms with Gasteiger partial charge in [-0.25, -0.2) is 4.98 Å². The first kappa shape index (κ1) is 17.7. The van der Waals surface area contributed by atoms with E-state index in [9.17, 15) is 4.79 Å². The maximum atomic E-state index is 12.4. The molecule has 1 aromatic heterocycles. The van der Waals surface area contributed by atoms with E-state index in [0.29, 0.717) is 12.5 Å². The standard InChI is InChI=1S/C22H22N2O2S/c1-15(2)10-11-24-19-12-17(8-9-20(19)26-13-21(24)25)18-14-27-22(23-18)16-6-4-3-5-7-16/h3-9,12,14-15H,10-11,13H2,1-2H3. The van der Waals surface area contributed by atoms with Crippen molar-refractivity contribution in [3.63, 3.8) is 0 Å². The predicted molar refractivity (Wildman–Crippen MR) is 110 cm³/mol. The zero-order chi connectivity index (χ0) is 18.8. The Labute approximate surface area is 163 Å². The summed E-state index contributed by atoms with van der Waals surface area (Å²) in [5.74, 6) is 1.32. The topological polar surface area (TPSA) is 42.4 Å². The third-order valence-corrected chi connectivity index (χ3v) is 5.54. The van der Waals surface area contributed by atoms with Crippen LogP contribution in [-0.2, 0) is 4.79 Å². The van der Waals surface area contributed by atoms with Gasteiger partial charge in [0.05, 0.1) is 11.4 Å². The lowest BCUT2D eigenvalue weighted by Crippen LogP contribution is -2.39. The summed E-state index contributed by atoms with van der Waals surface area (Å²) in [6, 6.07) is 16.2. The van der Waals surface area contributed by atoms with Crippen LogP contribution in [0.25, 0.3) is 21.8 Å². The van der Waals surface area contributed by atoms with Crippen LogP contribution < -0.4 is 9.64 Å². The fourth-order valence-electron chi connectivity index (χ4n) is 3.11. The Hall–Kier alpha value is -2.66. The van der Waals surface area contributed by atoms with Gasteiger partial charge >= 0.3 is 0 Å². The van der Waals surface area contributed by atoms with Crippen molar-refractivity contribution in [3.05, 3.63) is 53.9 Å². The molecule has 27 heavy (non-hydrogen) atoms. The van der Waals surface area contributed by atoms with E-state index in [1.165, 1.54) is 0 Å². The van der Waals surface area contributed by atoms with E-state index in [1.54, 1.807) is 11.3 Å². The average molecular weight is 378 g/mol. The molecule has 0 fully saturated rings. The van der Waals surface area contributed by atoms with Crippen molar-refractivity contribution in [2.75, 3.05) is 18.1 Å². The predicted octanol–water partition coefficient (Wildman–Crippen LogP) is 5.25. The number of nitrogens with zero attached hydrogens (tertiary/aromatic N) is 2. The molecule has 0 saturated heterocycles. The summed E-state index contributed by atoms with van der Waals surface area (Å²) in [6.45, 7) is 5.16. The van der Waals surface area contributed by atoms with Gasteiger partial charge in [-0.2, -0.15) is 0 Å². The summed E-state index contributed by atoms with van der Waals surface area (Å²) in [4.78, 5) is 19.0. The first-order valence-corrected chi connectivity index (χ1v) is 10.1. The van der Waals surface area contributed by atoms with Crippen LogP contribution in [0.4, 0.5) is 5.69 Å².